The molecule has 2 heterocycles. The van der Waals surface area contributed by atoms with E-state index in [2.05, 4.69) is 31.2 Å². The summed E-state index contributed by atoms with van der Waals surface area (Å²) in [6, 6.07) is 11.9. The standard InChI is InChI=1S/C30H36ClNO5/c1-3-4-15-37-29(34)22-17-23(27(35-2)25(31)18-22)20-7-9-21(10-8-20)24-19-30(24)11-13-32(14-12-30)28(33)26-6-5-16-36-26/h7-10,17-18,24,26H,3-6,11-16,19H2,1-2H3/t24-,26-/m1/s1. The van der Waals surface area contributed by atoms with Gasteiger partial charge in [-0.25, -0.2) is 4.79 Å². The molecule has 1 saturated carbocycles. The second-order valence-electron chi connectivity index (χ2n) is 10.6. The third-order valence-electron chi connectivity index (χ3n) is 8.30. The van der Waals surface area contributed by atoms with E-state index in [0.717, 1.165) is 62.7 Å². The summed E-state index contributed by atoms with van der Waals surface area (Å²) in [4.78, 5) is 27.3. The fourth-order valence-electron chi connectivity index (χ4n) is 5.94. The number of unbranched alkanes of at least 4 members (excludes halogenated alkanes) is 1. The highest BCUT2D eigenvalue weighted by Gasteiger charge is 2.55. The van der Waals surface area contributed by atoms with Crippen molar-refractivity contribution in [1.29, 1.82) is 0 Å². The Kier molecular flexibility index (Phi) is 7.77. The zero-order valence-corrected chi connectivity index (χ0v) is 22.5. The minimum atomic E-state index is -0.375. The van der Waals surface area contributed by atoms with E-state index in [4.69, 9.17) is 25.8 Å². The number of amides is 1. The molecule has 198 valence electrons. The van der Waals surface area contributed by atoms with Gasteiger partial charge in [0, 0.05) is 25.3 Å². The predicted molar refractivity (Wildman–Crippen MR) is 143 cm³/mol. The molecule has 6 nitrogen and oxygen atoms in total. The van der Waals surface area contributed by atoms with E-state index in [-0.39, 0.29) is 18.0 Å². The molecule has 0 radical (unpaired) electrons. The zero-order valence-electron chi connectivity index (χ0n) is 21.8. The monoisotopic (exact) mass is 525 g/mol. The van der Waals surface area contributed by atoms with Crippen molar-refractivity contribution in [2.45, 2.75) is 63.9 Å². The molecule has 37 heavy (non-hydrogen) atoms. The number of hydrogen-bond acceptors (Lipinski definition) is 5. The molecule has 2 saturated heterocycles. The number of carbonyl (C=O) groups excluding carboxylic acids is 2. The minimum absolute atomic E-state index is 0.179. The van der Waals surface area contributed by atoms with Gasteiger partial charge in [-0.3, -0.25) is 4.79 Å². The summed E-state index contributed by atoms with van der Waals surface area (Å²) in [7, 11) is 1.59. The van der Waals surface area contributed by atoms with Crippen LogP contribution in [0.1, 0.15) is 73.7 Å². The van der Waals surface area contributed by atoms with Crippen molar-refractivity contribution in [2.75, 3.05) is 33.4 Å². The molecule has 3 fully saturated rings. The summed E-state index contributed by atoms with van der Waals surface area (Å²) in [6.07, 6.45) is 6.67. The SMILES string of the molecule is CCCCOC(=O)c1cc(Cl)c(OC)c(-c2ccc([C@H]3CC34CCN(C(=O)[C@H]3CCCO3)CC4)cc2)c1. The molecule has 2 aromatic carbocycles. The highest BCUT2D eigenvalue weighted by Crippen LogP contribution is 2.65. The molecule has 0 N–H and O–H groups in total. The lowest BCUT2D eigenvalue weighted by Crippen LogP contribution is -2.44. The predicted octanol–water partition coefficient (Wildman–Crippen LogP) is 6.25. The Morgan fingerprint density at radius 3 is 2.57 bits per heavy atom. The number of likely N-dealkylation sites (tertiary alicyclic amines) is 1. The van der Waals surface area contributed by atoms with Crippen LogP contribution >= 0.6 is 11.6 Å². The topological polar surface area (TPSA) is 65.1 Å². The molecule has 7 heteroatoms. The van der Waals surface area contributed by atoms with Crippen LogP contribution in [0.15, 0.2) is 36.4 Å². The van der Waals surface area contributed by atoms with E-state index < -0.39 is 0 Å². The number of benzene rings is 2. The number of rotatable bonds is 8. The fraction of sp³-hybridized carbons (Fsp3) is 0.533. The molecule has 0 unspecified atom stereocenters. The van der Waals surface area contributed by atoms with Crippen LogP contribution in [0, 0.1) is 5.41 Å². The van der Waals surface area contributed by atoms with Crippen molar-refractivity contribution in [1.82, 2.24) is 4.90 Å². The molecular weight excluding hydrogens is 490 g/mol. The highest BCUT2D eigenvalue weighted by atomic mass is 35.5. The van der Waals surface area contributed by atoms with Crippen LogP contribution in [0.5, 0.6) is 5.75 Å². The van der Waals surface area contributed by atoms with Gasteiger partial charge in [0.25, 0.3) is 5.91 Å². The molecule has 0 aromatic heterocycles. The van der Waals surface area contributed by atoms with E-state index in [0.29, 0.717) is 40.9 Å². The van der Waals surface area contributed by atoms with Gasteiger partial charge in [0.2, 0.25) is 0 Å². The minimum Gasteiger partial charge on any atom is -0.495 e. The summed E-state index contributed by atoms with van der Waals surface area (Å²) in [5.74, 6) is 0.871. The van der Waals surface area contributed by atoms with Crippen LogP contribution in [-0.4, -0.2) is 56.3 Å². The van der Waals surface area contributed by atoms with E-state index in [9.17, 15) is 9.59 Å². The first-order valence-corrected chi connectivity index (χ1v) is 13.9. The van der Waals surface area contributed by atoms with Crippen LogP contribution in [0.2, 0.25) is 5.02 Å². The summed E-state index contributed by atoms with van der Waals surface area (Å²) in [5, 5.41) is 0.386. The van der Waals surface area contributed by atoms with Crippen LogP contribution < -0.4 is 4.74 Å². The maximum absolute atomic E-state index is 12.7. The van der Waals surface area contributed by atoms with Gasteiger partial charge in [-0.1, -0.05) is 49.2 Å². The summed E-state index contributed by atoms with van der Waals surface area (Å²) >= 11 is 6.49. The Balaban J connectivity index is 1.26. The summed E-state index contributed by atoms with van der Waals surface area (Å²) in [5.41, 5.74) is 3.76. The summed E-state index contributed by atoms with van der Waals surface area (Å²) < 4.78 is 16.6. The number of carbonyl (C=O) groups is 2. The fourth-order valence-corrected chi connectivity index (χ4v) is 6.24. The molecule has 2 aromatic rings. The van der Waals surface area contributed by atoms with Crippen LogP contribution in [0.25, 0.3) is 11.1 Å². The Labute approximate surface area is 224 Å². The molecule has 2 atom stereocenters. The second kappa shape index (κ2) is 11.0. The zero-order chi connectivity index (χ0) is 26.0. The van der Waals surface area contributed by atoms with Crippen molar-refractivity contribution in [3.63, 3.8) is 0 Å². The average molecular weight is 526 g/mol. The van der Waals surface area contributed by atoms with Gasteiger partial charge in [-0.2, -0.15) is 0 Å². The van der Waals surface area contributed by atoms with Crippen LogP contribution in [0.3, 0.4) is 0 Å². The lowest BCUT2D eigenvalue weighted by Gasteiger charge is -2.34. The van der Waals surface area contributed by atoms with Crippen molar-refractivity contribution in [3.05, 3.63) is 52.5 Å². The van der Waals surface area contributed by atoms with E-state index in [1.807, 2.05) is 4.90 Å². The molecule has 5 rings (SSSR count). The molecule has 1 amide bonds. The maximum Gasteiger partial charge on any atom is 0.338 e. The number of hydrogen-bond donors (Lipinski definition) is 0. The first-order valence-electron chi connectivity index (χ1n) is 13.5. The number of nitrogens with zero attached hydrogens (tertiary/aromatic N) is 1. The molecule has 1 aliphatic carbocycles. The van der Waals surface area contributed by atoms with Crippen LogP contribution in [-0.2, 0) is 14.3 Å². The quantitative estimate of drug-likeness (QED) is 0.301. The maximum atomic E-state index is 12.7. The van der Waals surface area contributed by atoms with Gasteiger partial charge in [0.05, 0.1) is 24.3 Å². The van der Waals surface area contributed by atoms with E-state index in [1.165, 1.54) is 12.0 Å². The van der Waals surface area contributed by atoms with Crippen molar-refractivity contribution in [2.24, 2.45) is 5.41 Å². The van der Waals surface area contributed by atoms with Gasteiger partial charge < -0.3 is 19.1 Å². The molecule has 0 bridgehead atoms. The lowest BCUT2D eigenvalue weighted by molar-refractivity contribution is -0.142. The summed E-state index contributed by atoms with van der Waals surface area (Å²) in [6.45, 7) is 4.80. The first-order chi connectivity index (χ1) is 18.0. The van der Waals surface area contributed by atoms with Crippen LogP contribution in [0.4, 0.5) is 0 Å². The number of halogens is 1. The first kappa shape index (κ1) is 26.1. The van der Waals surface area contributed by atoms with Gasteiger partial charge in [0.15, 0.2) is 0 Å². The van der Waals surface area contributed by atoms with Crippen molar-refractivity contribution >= 4 is 23.5 Å². The molecule has 3 aliphatic rings. The third-order valence-corrected chi connectivity index (χ3v) is 8.59. The smallest absolute Gasteiger partial charge is 0.338 e. The highest BCUT2D eigenvalue weighted by molar-refractivity contribution is 6.33. The van der Waals surface area contributed by atoms with Gasteiger partial charge in [-0.15, -0.1) is 0 Å². The molecular formula is C30H36ClNO5. The lowest BCUT2D eigenvalue weighted by atomic mass is 9.88. The largest absolute Gasteiger partial charge is 0.495 e. The van der Waals surface area contributed by atoms with Crippen molar-refractivity contribution in [3.8, 4) is 16.9 Å². The molecule has 1 spiro atoms. The number of piperidine rings is 1. The van der Waals surface area contributed by atoms with Gasteiger partial charge in [-0.05, 0) is 73.1 Å². The number of ether oxygens (including phenoxy) is 3. The van der Waals surface area contributed by atoms with E-state index >= 15 is 0 Å². The Morgan fingerprint density at radius 2 is 1.92 bits per heavy atom. The molecule has 2 aliphatic heterocycles. The van der Waals surface area contributed by atoms with Gasteiger partial charge >= 0.3 is 5.97 Å². The van der Waals surface area contributed by atoms with Gasteiger partial charge in [0.1, 0.15) is 11.9 Å². The average Bonchev–Trinajstić information content (AvgIpc) is 3.33. The Bertz CT molecular complexity index is 1130. The van der Waals surface area contributed by atoms with Crippen molar-refractivity contribution < 1.29 is 23.8 Å². The second-order valence-corrected chi connectivity index (χ2v) is 11.0. The number of esters is 1. The Morgan fingerprint density at radius 1 is 1.16 bits per heavy atom. The third kappa shape index (κ3) is 5.37. The van der Waals surface area contributed by atoms with E-state index in [1.54, 1.807) is 19.2 Å². The normalized spacial score (nSPS) is 22.2. The number of methoxy groups -OCH3 is 1. The Hall–Kier alpha value is -2.57.